The van der Waals surface area contributed by atoms with Crippen LogP contribution in [0.15, 0.2) is 54.0 Å². The first-order chi connectivity index (χ1) is 12.1. The molecule has 0 radical (unpaired) electrons. The van der Waals surface area contributed by atoms with Crippen LogP contribution in [0.25, 0.3) is 10.6 Å². The lowest BCUT2D eigenvalue weighted by Gasteiger charge is -2.09. The van der Waals surface area contributed by atoms with Crippen molar-refractivity contribution in [1.82, 2.24) is 10.3 Å². The fourth-order valence-electron chi connectivity index (χ4n) is 2.17. The van der Waals surface area contributed by atoms with Crippen LogP contribution in [0.1, 0.15) is 5.56 Å². The summed E-state index contributed by atoms with van der Waals surface area (Å²) in [6.45, 7) is 0.295. The van der Waals surface area contributed by atoms with Gasteiger partial charge in [0.05, 0.1) is 5.02 Å². The smallest absolute Gasteiger partial charge is 0.258 e. The van der Waals surface area contributed by atoms with E-state index in [0.29, 0.717) is 22.3 Å². The van der Waals surface area contributed by atoms with Crippen molar-refractivity contribution in [2.75, 3.05) is 6.61 Å². The van der Waals surface area contributed by atoms with Crippen LogP contribution in [0, 0.1) is 0 Å². The molecule has 0 atom stereocenters. The van der Waals surface area contributed by atoms with Gasteiger partial charge in [-0.15, -0.1) is 11.3 Å². The maximum absolute atomic E-state index is 12.0. The summed E-state index contributed by atoms with van der Waals surface area (Å²) in [7, 11) is 0. The minimum atomic E-state index is -0.231. The Labute approximate surface area is 159 Å². The number of aromatic nitrogens is 1. The molecule has 0 saturated carbocycles. The highest BCUT2D eigenvalue weighted by molar-refractivity contribution is 7.13. The molecule has 7 heteroatoms. The van der Waals surface area contributed by atoms with Crippen LogP contribution in [-0.4, -0.2) is 17.5 Å². The molecule has 1 aromatic heterocycles. The van der Waals surface area contributed by atoms with Gasteiger partial charge in [0, 0.05) is 28.7 Å². The van der Waals surface area contributed by atoms with Gasteiger partial charge in [0.1, 0.15) is 10.8 Å². The highest BCUT2D eigenvalue weighted by atomic mass is 35.5. The van der Waals surface area contributed by atoms with E-state index >= 15 is 0 Å². The molecular weight excluding hydrogens is 379 g/mol. The highest BCUT2D eigenvalue weighted by Gasteiger charge is 2.07. The van der Waals surface area contributed by atoms with Crippen molar-refractivity contribution in [1.29, 1.82) is 0 Å². The molecular formula is C18H14Cl2N2O2S. The van der Waals surface area contributed by atoms with Gasteiger partial charge in [-0.2, -0.15) is 0 Å². The molecule has 0 bridgehead atoms. The number of amides is 1. The highest BCUT2D eigenvalue weighted by Crippen LogP contribution is 2.27. The quantitative estimate of drug-likeness (QED) is 0.654. The molecule has 2 aromatic carbocycles. The van der Waals surface area contributed by atoms with Crippen molar-refractivity contribution >= 4 is 40.4 Å². The first-order valence-corrected chi connectivity index (χ1v) is 9.09. The first kappa shape index (κ1) is 17.7. The van der Waals surface area contributed by atoms with E-state index in [4.69, 9.17) is 27.9 Å². The molecule has 3 rings (SSSR count). The van der Waals surface area contributed by atoms with E-state index in [-0.39, 0.29) is 12.5 Å². The number of carbonyl (C=O) groups excluding carboxylic acids is 1. The minimum absolute atomic E-state index is 0.118. The molecule has 1 N–H and O–H groups in total. The Hall–Kier alpha value is -2.08. The Morgan fingerprint density at radius 2 is 2.08 bits per heavy atom. The van der Waals surface area contributed by atoms with Gasteiger partial charge in [-0.1, -0.05) is 41.4 Å². The summed E-state index contributed by atoms with van der Waals surface area (Å²) in [5, 5.41) is 6.60. The second-order valence-electron chi connectivity index (χ2n) is 5.18. The van der Waals surface area contributed by atoms with Crippen LogP contribution >= 0.6 is 34.5 Å². The number of halogens is 2. The van der Waals surface area contributed by atoms with Gasteiger partial charge in [0.2, 0.25) is 0 Å². The summed E-state index contributed by atoms with van der Waals surface area (Å²) in [4.78, 5) is 16.3. The van der Waals surface area contributed by atoms with Gasteiger partial charge in [-0.05, 0) is 29.8 Å². The molecule has 25 heavy (non-hydrogen) atoms. The van der Waals surface area contributed by atoms with Crippen molar-refractivity contribution in [3.63, 3.8) is 0 Å². The average Bonchev–Trinajstić information content (AvgIpc) is 3.14. The third kappa shape index (κ3) is 4.95. The molecule has 1 heterocycles. The average molecular weight is 393 g/mol. The zero-order valence-corrected chi connectivity index (χ0v) is 15.4. The standard InChI is InChI=1S/C18H14Cl2N2O2S/c19-14-4-5-16(15(20)9-14)24-11-17(23)22-10-12-2-1-3-13(8-12)18-21-6-7-25-18/h1-9H,10-11H2,(H,22,23). The minimum Gasteiger partial charge on any atom is -0.482 e. The van der Waals surface area contributed by atoms with Crippen LogP contribution in [-0.2, 0) is 11.3 Å². The van der Waals surface area contributed by atoms with E-state index in [1.807, 2.05) is 29.6 Å². The lowest BCUT2D eigenvalue weighted by Crippen LogP contribution is -2.28. The van der Waals surface area contributed by atoms with Gasteiger partial charge >= 0.3 is 0 Å². The van der Waals surface area contributed by atoms with Gasteiger partial charge in [-0.25, -0.2) is 4.98 Å². The van der Waals surface area contributed by atoms with Gasteiger partial charge in [-0.3, -0.25) is 4.79 Å². The van der Waals surface area contributed by atoms with Crippen LogP contribution in [0.5, 0.6) is 5.75 Å². The van der Waals surface area contributed by atoms with Crippen LogP contribution in [0.4, 0.5) is 0 Å². The lowest BCUT2D eigenvalue weighted by atomic mass is 10.1. The molecule has 0 aliphatic carbocycles. The van der Waals surface area contributed by atoms with Crippen LogP contribution in [0.3, 0.4) is 0 Å². The second-order valence-corrected chi connectivity index (χ2v) is 6.92. The van der Waals surface area contributed by atoms with Gasteiger partial charge in [0.25, 0.3) is 5.91 Å². The van der Waals surface area contributed by atoms with Crippen molar-refractivity contribution in [3.05, 3.63) is 69.7 Å². The Balaban J connectivity index is 1.53. The summed E-state index contributed by atoms with van der Waals surface area (Å²) in [6.07, 6.45) is 1.77. The van der Waals surface area contributed by atoms with Crippen LogP contribution in [0.2, 0.25) is 10.0 Å². The monoisotopic (exact) mass is 392 g/mol. The molecule has 3 aromatic rings. The first-order valence-electron chi connectivity index (χ1n) is 7.45. The van der Waals surface area contributed by atoms with E-state index in [2.05, 4.69) is 10.3 Å². The number of nitrogens with one attached hydrogen (secondary N) is 1. The number of benzene rings is 2. The maximum Gasteiger partial charge on any atom is 0.258 e. The Bertz CT molecular complexity index is 869. The maximum atomic E-state index is 12.0. The van der Waals surface area contributed by atoms with Gasteiger partial charge < -0.3 is 10.1 Å². The molecule has 128 valence electrons. The van der Waals surface area contributed by atoms with E-state index in [1.54, 1.807) is 35.7 Å². The molecule has 0 saturated heterocycles. The molecule has 0 aliphatic heterocycles. The Morgan fingerprint density at radius 1 is 1.20 bits per heavy atom. The van der Waals surface area contributed by atoms with E-state index in [0.717, 1.165) is 16.1 Å². The number of hydrogen-bond donors (Lipinski definition) is 1. The molecule has 4 nitrogen and oxygen atoms in total. The van der Waals surface area contributed by atoms with Gasteiger partial charge in [0.15, 0.2) is 6.61 Å². The fourth-order valence-corrected chi connectivity index (χ4v) is 3.27. The van der Waals surface area contributed by atoms with Crippen LogP contribution < -0.4 is 10.1 Å². The lowest BCUT2D eigenvalue weighted by molar-refractivity contribution is -0.123. The number of carbonyl (C=O) groups is 1. The van der Waals surface area contributed by atoms with Crippen molar-refractivity contribution in [2.45, 2.75) is 6.54 Å². The zero-order valence-electron chi connectivity index (χ0n) is 13.0. The summed E-state index contributed by atoms with van der Waals surface area (Å²) < 4.78 is 5.41. The summed E-state index contributed by atoms with van der Waals surface area (Å²) in [6, 6.07) is 12.8. The zero-order chi connectivity index (χ0) is 17.6. The molecule has 0 spiro atoms. The summed E-state index contributed by atoms with van der Waals surface area (Å²) in [5.74, 6) is 0.192. The topological polar surface area (TPSA) is 51.2 Å². The third-order valence-corrected chi connectivity index (χ3v) is 4.70. The van der Waals surface area contributed by atoms with E-state index < -0.39 is 0 Å². The number of thiazole rings is 1. The second kappa shape index (κ2) is 8.34. The molecule has 0 aliphatic rings. The third-order valence-electron chi connectivity index (χ3n) is 3.35. The number of hydrogen-bond acceptors (Lipinski definition) is 4. The molecule has 1 amide bonds. The fraction of sp³-hybridized carbons (Fsp3) is 0.111. The Morgan fingerprint density at radius 3 is 2.84 bits per heavy atom. The van der Waals surface area contributed by atoms with Crippen molar-refractivity contribution in [3.8, 4) is 16.3 Å². The van der Waals surface area contributed by atoms with Crippen molar-refractivity contribution < 1.29 is 9.53 Å². The number of rotatable bonds is 6. The van der Waals surface area contributed by atoms with E-state index in [1.165, 1.54) is 0 Å². The number of ether oxygens (including phenoxy) is 1. The van der Waals surface area contributed by atoms with Crippen molar-refractivity contribution in [2.24, 2.45) is 0 Å². The van der Waals surface area contributed by atoms with E-state index in [9.17, 15) is 4.79 Å². The summed E-state index contributed by atoms with van der Waals surface area (Å²) >= 11 is 13.4. The predicted octanol–water partition coefficient (Wildman–Crippen LogP) is 4.81. The largest absolute Gasteiger partial charge is 0.482 e. The SMILES string of the molecule is O=C(COc1ccc(Cl)cc1Cl)NCc1cccc(-c2nccs2)c1. The molecule has 0 unspecified atom stereocenters. The summed E-state index contributed by atoms with van der Waals surface area (Å²) in [5.41, 5.74) is 2.02. The number of nitrogens with zero attached hydrogens (tertiary/aromatic N) is 1. The molecule has 0 fully saturated rings. The normalized spacial score (nSPS) is 10.5. The Kier molecular flexibility index (Phi) is 5.91. The predicted molar refractivity (Wildman–Crippen MR) is 101 cm³/mol.